The molecule has 0 saturated carbocycles. The Labute approximate surface area is 106 Å². The fourth-order valence-electron chi connectivity index (χ4n) is 1.58. The van der Waals surface area contributed by atoms with Gasteiger partial charge in [-0.25, -0.2) is 4.39 Å². The molecular weight excluding hydrogens is 241 g/mol. The van der Waals surface area contributed by atoms with Gasteiger partial charge < -0.3 is 5.32 Å². The van der Waals surface area contributed by atoms with Gasteiger partial charge >= 0.3 is 0 Å². The Hall–Kier alpha value is -0.930. The van der Waals surface area contributed by atoms with E-state index in [1.165, 1.54) is 19.1 Å². The molecule has 0 spiro atoms. The van der Waals surface area contributed by atoms with E-state index >= 15 is 0 Å². The smallest absolute Gasteiger partial charge is 0.142 e. The highest BCUT2D eigenvalue weighted by Crippen LogP contribution is 2.22. The van der Waals surface area contributed by atoms with Crippen LogP contribution in [0.4, 0.5) is 4.39 Å². The van der Waals surface area contributed by atoms with Crippen LogP contribution in [-0.2, 0) is 4.79 Å². The summed E-state index contributed by atoms with van der Waals surface area (Å²) in [6.45, 7) is 6.02. The number of benzene rings is 1. The lowest BCUT2D eigenvalue weighted by atomic mass is 9.95. The fraction of sp³-hybridized carbons (Fsp3) is 0.462. The van der Waals surface area contributed by atoms with Crippen molar-refractivity contribution in [1.82, 2.24) is 5.32 Å². The minimum absolute atomic E-state index is 0.0138. The van der Waals surface area contributed by atoms with Crippen LogP contribution in [0.2, 0.25) is 5.02 Å². The maximum atomic E-state index is 13.3. The maximum absolute atomic E-state index is 13.3. The van der Waals surface area contributed by atoms with Crippen LogP contribution in [0.15, 0.2) is 18.2 Å². The van der Waals surface area contributed by atoms with E-state index < -0.39 is 5.82 Å². The Balaban J connectivity index is 2.89. The van der Waals surface area contributed by atoms with Crippen molar-refractivity contribution in [2.75, 3.05) is 6.54 Å². The van der Waals surface area contributed by atoms with Gasteiger partial charge in [-0.05, 0) is 24.6 Å². The van der Waals surface area contributed by atoms with E-state index in [0.29, 0.717) is 12.1 Å². The number of Topliss-reactive ketones (excluding diaryl/α,β-unsaturated/α-hetero) is 1. The summed E-state index contributed by atoms with van der Waals surface area (Å²) >= 11 is 5.62. The summed E-state index contributed by atoms with van der Waals surface area (Å²) in [6, 6.07) is 4.79. The van der Waals surface area contributed by atoms with Crippen molar-refractivity contribution >= 4 is 17.4 Å². The average molecular weight is 258 g/mol. The SMILES string of the molecule is CC(=O)[C@H](CNC(C)C)c1ccc(Cl)c(F)c1. The first-order chi connectivity index (χ1) is 7.91. The first-order valence-electron chi connectivity index (χ1n) is 5.60. The van der Waals surface area contributed by atoms with Gasteiger partial charge in [-0.15, -0.1) is 0 Å². The molecular formula is C13H17ClFNO. The van der Waals surface area contributed by atoms with Crippen molar-refractivity contribution in [2.45, 2.75) is 32.7 Å². The molecule has 0 aliphatic carbocycles. The largest absolute Gasteiger partial charge is 0.313 e. The molecule has 0 bridgehead atoms. The Morgan fingerprint density at radius 3 is 2.59 bits per heavy atom. The van der Waals surface area contributed by atoms with Crippen molar-refractivity contribution in [3.63, 3.8) is 0 Å². The third-order valence-corrected chi connectivity index (χ3v) is 2.87. The van der Waals surface area contributed by atoms with Crippen molar-refractivity contribution in [3.8, 4) is 0 Å². The van der Waals surface area contributed by atoms with Crippen molar-refractivity contribution in [2.24, 2.45) is 0 Å². The monoisotopic (exact) mass is 257 g/mol. The Bertz CT molecular complexity index is 406. The minimum Gasteiger partial charge on any atom is -0.313 e. The molecule has 1 aromatic rings. The molecule has 94 valence electrons. The highest BCUT2D eigenvalue weighted by Gasteiger charge is 2.18. The van der Waals surface area contributed by atoms with Crippen LogP contribution in [0, 0.1) is 5.82 Å². The topological polar surface area (TPSA) is 29.1 Å². The van der Waals surface area contributed by atoms with E-state index in [-0.39, 0.29) is 22.8 Å². The predicted octanol–water partition coefficient (Wildman–Crippen LogP) is 3.15. The first-order valence-corrected chi connectivity index (χ1v) is 5.98. The Morgan fingerprint density at radius 2 is 2.12 bits per heavy atom. The highest BCUT2D eigenvalue weighted by molar-refractivity contribution is 6.30. The highest BCUT2D eigenvalue weighted by atomic mass is 35.5. The fourth-order valence-corrected chi connectivity index (χ4v) is 1.70. The van der Waals surface area contributed by atoms with E-state index in [0.717, 1.165) is 0 Å². The maximum Gasteiger partial charge on any atom is 0.142 e. The normalized spacial score (nSPS) is 12.8. The minimum atomic E-state index is -0.486. The quantitative estimate of drug-likeness (QED) is 0.878. The number of halogens is 2. The van der Waals surface area contributed by atoms with Crippen LogP contribution in [0.3, 0.4) is 0 Å². The molecule has 17 heavy (non-hydrogen) atoms. The summed E-state index contributed by atoms with van der Waals surface area (Å²) in [6.07, 6.45) is 0. The lowest BCUT2D eigenvalue weighted by molar-refractivity contribution is -0.118. The zero-order chi connectivity index (χ0) is 13.0. The van der Waals surface area contributed by atoms with E-state index in [1.807, 2.05) is 13.8 Å². The molecule has 1 aromatic carbocycles. The number of carbonyl (C=O) groups excluding carboxylic acids is 1. The van der Waals surface area contributed by atoms with Crippen molar-refractivity contribution < 1.29 is 9.18 Å². The third-order valence-electron chi connectivity index (χ3n) is 2.57. The zero-order valence-corrected chi connectivity index (χ0v) is 11.0. The molecule has 0 heterocycles. The summed E-state index contributed by atoms with van der Waals surface area (Å²) in [7, 11) is 0. The van der Waals surface area contributed by atoms with Crippen LogP contribution >= 0.6 is 11.6 Å². The second-order valence-electron chi connectivity index (χ2n) is 4.40. The number of nitrogens with one attached hydrogen (secondary N) is 1. The zero-order valence-electron chi connectivity index (χ0n) is 10.3. The molecule has 0 amide bonds. The van der Waals surface area contributed by atoms with Gasteiger partial charge in [0, 0.05) is 12.6 Å². The van der Waals surface area contributed by atoms with E-state index in [9.17, 15) is 9.18 Å². The molecule has 0 aliphatic rings. The van der Waals surface area contributed by atoms with Crippen LogP contribution in [0.1, 0.15) is 32.3 Å². The van der Waals surface area contributed by atoms with Crippen molar-refractivity contribution in [1.29, 1.82) is 0 Å². The van der Waals surface area contributed by atoms with Gasteiger partial charge in [0.1, 0.15) is 11.6 Å². The molecule has 0 saturated heterocycles. The third kappa shape index (κ3) is 4.10. The number of carbonyl (C=O) groups is 1. The van der Waals surface area contributed by atoms with Gasteiger partial charge in [0.05, 0.1) is 10.9 Å². The van der Waals surface area contributed by atoms with Gasteiger partial charge in [0.15, 0.2) is 0 Å². The Morgan fingerprint density at radius 1 is 1.47 bits per heavy atom. The van der Waals surface area contributed by atoms with Crippen molar-refractivity contribution in [3.05, 3.63) is 34.6 Å². The van der Waals surface area contributed by atoms with E-state index in [4.69, 9.17) is 11.6 Å². The molecule has 4 heteroatoms. The van der Waals surface area contributed by atoms with Crippen LogP contribution < -0.4 is 5.32 Å². The van der Waals surface area contributed by atoms with Crippen LogP contribution in [0.25, 0.3) is 0 Å². The number of hydrogen-bond acceptors (Lipinski definition) is 2. The average Bonchev–Trinajstić information content (AvgIpc) is 2.22. The first kappa shape index (κ1) is 14.1. The summed E-state index contributed by atoms with van der Waals surface area (Å²) in [4.78, 5) is 11.6. The number of ketones is 1. The lowest BCUT2D eigenvalue weighted by Gasteiger charge is -2.17. The van der Waals surface area contributed by atoms with Gasteiger partial charge in [-0.1, -0.05) is 31.5 Å². The van der Waals surface area contributed by atoms with Gasteiger partial charge in [0.2, 0.25) is 0 Å². The Kier molecular flexibility index (Phi) is 5.09. The summed E-state index contributed by atoms with van der Waals surface area (Å²) in [5, 5.41) is 3.26. The van der Waals surface area contributed by atoms with Crippen LogP contribution in [0.5, 0.6) is 0 Å². The standard InChI is InChI=1S/C13H17ClFNO/c1-8(2)16-7-11(9(3)17)10-4-5-12(14)13(15)6-10/h4-6,8,11,16H,7H2,1-3H3/t11-/m0/s1. The van der Waals surface area contributed by atoms with E-state index in [1.54, 1.807) is 6.07 Å². The molecule has 0 aromatic heterocycles. The summed E-state index contributed by atoms with van der Waals surface area (Å²) in [5.74, 6) is -0.802. The van der Waals surface area contributed by atoms with Gasteiger partial charge in [0.25, 0.3) is 0 Å². The second kappa shape index (κ2) is 6.12. The summed E-state index contributed by atoms with van der Waals surface area (Å²) < 4.78 is 13.3. The predicted molar refractivity (Wildman–Crippen MR) is 68.0 cm³/mol. The molecule has 2 nitrogen and oxygen atoms in total. The van der Waals surface area contributed by atoms with Gasteiger partial charge in [-0.2, -0.15) is 0 Å². The summed E-state index contributed by atoms with van der Waals surface area (Å²) in [5.41, 5.74) is 0.660. The lowest BCUT2D eigenvalue weighted by Crippen LogP contribution is -2.30. The number of hydrogen-bond donors (Lipinski definition) is 1. The molecule has 1 N–H and O–H groups in total. The molecule has 0 aliphatic heterocycles. The molecule has 0 fully saturated rings. The van der Waals surface area contributed by atoms with Gasteiger partial charge in [-0.3, -0.25) is 4.79 Å². The molecule has 0 radical (unpaired) electrons. The van der Waals surface area contributed by atoms with E-state index in [2.05, 4.69) is 5.32 Å². The molecule has 0 unspecified atom stereocenters. The number of rotatable bonds is 5. The van der Waals surface area contributed by atoms with Crippen LogP contribution in [-0.4, -0.2) is 18.4 Å². The molecule has 1 atom stereocenters. The molecule has 1 rings (SSSR count). The second-order valence-corrected chi connectivity index (χ2v) is 4.81.